The van der Waals surface area contributed by atoms with Gasteiger partial charge in [-0.25, -0.2) is 0 Å². The number of likely N-dealkylation sites (N-methyl/N-ethyl adjacent to an activating group) is 1. The van der Waals surface area contributed by atoms with Gasteiger partial charge in [0, 0.05) is 37.6 Å². The van der Waals surface area contributed by atoms with Crippen molar-refractivity contribution in [3.63, 3.8) is 0 Å². The second kappa shape index (κ2) is 7.41. The highest BCUT2D eigenvalue weighted by Gasteiger charge is 2.13. The van der Waals surface area contributed by atoms with E-state index < -0.39 is 0 Å². The normalized spacial score (nSPS) is 13.3. The Kier molecular flexibility index (Phi) is 6.16. The number of hydrogen-bond acceptors (Lipinski definition) is 3. The second-order valence-electron chi connectivity index (χ2n) is 4.90. The quantitative estimate of drug-likeness (QED) is 0.786. The van der Waals surface area contributed by atoms with Crippen molar-refractivity contribution in [3.05, 3.63) is 30.1 Å². The van der Waals surface area contributed by atoms with Crippen LogP contribution in [0, 0.1) is 0 Å². The first kappa shape index (κ1) is 14.1. The van der Waals surface area contributed by atoms with Gasteiger partial charge in [0.05, 0.1) is 0 Å². The highest BCUT2D eigenvalue weighted by molar-refractivity contribution is 5.08. The fourth-order valence-electron chi connectivity index (χ4n) is 1.89. The molecule has 1 aromatic heterocycles. The highest BCUT2D eigenvalue weighted by atomic mass is 15.1. The minimum absolute atomic E-state index is 0.552. The van der Waals surface area contributed by atoms with Gasteiger partial charge in [0.2, 0.25) is 0 Å². The smallest absolute Gasteiger partial charge is 0.0312 e. The van der Waals surface area contributed by atoms with Crippen molar-refractivity contribution in [1.82, 2.24) is 15.2 Å². The Hall–Kier alpha value is -0.930. The molecule has 0 saturated carbocycles. The van der Waals surface area contributed by atoms with Crippen molar-refractivity contribution < 1.29 is 0 Å². The van der Waals surface area contributed by atoms with E-state index in [0.717, 1.165) is 19.5 Å². The van der Waals surface area contributed by atoms with E-state index in [2.05, 4.69) is 49.1 Å². The fraction of sp³-hybridized carbons (Fsp3) is 0.643. The van der Waals surface area contributed by atoms with Crippen molar-refractivity contribution in [2.24, 2.45) is 0 Å². The Labute approximate surface area is 105 Å². The molecule has 0 aromatic carbocycles. The molecule has 1 rings (SSSR count). The third-order valence-electron chi connectivity index (χ3n) is 3.01. The summed E-state index contributed by atoms with van der Waals surface area (Å²) in [7, 11) is 2.18. The van der Waals surface area contributed by atoms with Crippen molar-refractivity contribution in [3.8, 4) is 0 Å². The first-order chi connectivity index (χ1) is 8.13. The molecule has 0 fully saturated rings. The maximum absolute atomic E-state index is 4.15. The van der Waals surface area contributed by atoms with Crippen LogP contribution < -0.4 is 5.32 Å². The SMILES string of the molecule is CCC(CNC(C)C)N(C)Cc1cccnc1. The Morgan fingerprint density at radius 3 is 2.71 bits per heavy atom. The lowest BCUT2D eigenvalue weighted by atomic mass is 10.1. The van der Waals surface area contributed by atoms with E-state index in [9.17, 15) is 0 Å². The average molecular weight is 235 g/mol. The van der Waals surface area contributed by atoms with Gasteiger partial charge < -0.3 is 5.32 Å². The lowest BCUT2D eigenvalue weighted by Gasteiger charge is -2.28. The minimum Gasteiger partial charge on any atom is -0.313 e. The maximum atomic E-state index is 4.15. The molecule has 0 spiro atoms. The standard InChI is InChI=1S/C14H25N3/c1-5-14(10-16-12(2)3)17(4)11-13-7-6-8-15-9-13/h6-9,12,14,16H,5,10-11H2,1-4H3. The Bertz CT molecular complexity index is 298. The topological polar surface area (TPSA) is 28.2 Å². The van der Waals surface area contributed by atoms with Gasteiger partial charge in [0.15, 0.2) is 0 Å². The Morgan fingerprint density at radius 2 is 2.18 bits per heavy atom. The number of nitrogens with one attached hydrogen (secondary N) is 1. The molecule has 1 N–H and O–H groups in total. The lowest BCUT2D eigenvalue weighted by molar-refractivity contribution is 0.218. The molecule has 17 heavy (non-hydrogen) atoms. The summed E-state index contributed by atoms with van der Waals surface area (Å²) < 4.78 is 0. The largest absolute Gasteiger partial charge is 0.313 e. The molecule has 1 heterocycles. The molecule has 3 heteroatoms. The van der Waals surface area contributed by atoms with Crippen LogP contribution in [-0.4, -0.2) is 35.6 Å². The molecule has 0 aliphatic heterocycles. The zero-order valence-electron chi connectivity index (χ0n) is 11.5. The summed E-state index contributed by atoms with van der Waals surface area (Å²) in [6.45, 7) is 8.63. The van der Waals surface area contributed by atoms with E-state index in [-0.39, 0.29) is 0 Å². The van der Waals surface area contributed by atoms with Gasteiger partial charge in [-0.1, -0.05) is 26.8 Å². The predicted molar refractivity (Wildman–Crippen MR) is 72.9 cm³/mol. The molecule has 0 bridgehead atoms. The first-order valence-corrected chi connectivity index (χ1v) is 6.46. The lowest BCUT2D eigenvalue weighted by Crippen LogP contribution is -2.41. The zero-order chi connectivity index (χ0) is 12.7. The number of pyridine rings is 1. The van der Waals surface area contributed by atoms with Crippen LogP contribution in [0.25, 0.3) is 0 Å². The third kappa shape index (κ3) is 5.29. The number of aromatic nitrogens is 1. The van der Waals surface area contributed by atoms with Crippen LogP contribution in [0.15, 0.2) is 24.5 Å². The minimum atomic E-state index is 0.552. The molecule has 96 valence electrons. The van der Waals surface area contributed by atoms with Gasteiger partial charge in [-0.15, -0.1) is 0 Å². The Morgan fingerprint density at radius 1 is 1.41 bits per heavy atom. The van der Waals surface area contributed by atoms with Gasteiger partial charge in [0.1, 0.15) is 0 Å². The number of hydrogen-bond donors (Lipinski definition) is 1. The molecule has 0 aliphatic carbocycles. The van der Waals surface area contributed by atoms with E-state index in [1.165, 1.54) is 5.56 Å². The van der Waals surface area contributed by atoms with Crippen LogP contribution in [-0.2, 0) is 6.54 Å². The summed E-state index contributed by atoms with van der Waals surface area (Å²) in [4.78, 5) is 6.55. The number of nitrogens with zero attached hydrogens (tertiary/aromatic N) is 2. The first-order valence-electron chi connectivity index (χ1n) is 6.46. The van der Waals surface area contributed by atoms with Crippen LogP contribution in [0.4, 0.5) is 0 Å². The molecule has 0 saturated heterocycles. The van der Waals surface area contributed by atoms with Crippen LogP contribution in [0.5, 0.6) is 0 Å². The molecule has 1 aromatic rings. The summed E-state index contributed by atoms with van der Waals surface area (Å²) in [6, 6.07) is 5.26. The van der Waals surface area contributed by atoms with E-state index in [1.807, 2.05) is 18.5 Å². The van der Waals surface area contributed by atoms with E-state index >= 15 is 0 Å². The summed E-state index contributed by atoms with van der Waals surface area (Å²) in [5.74, 6) is 0. The van der Waals surface area contributed by atoms with Gasteiger partial charge in [-0.05, 0) is 25.1 Å². The van der Waals surface area contributed by atoms with E-state index in [0.29, 0.717) is 12.1 Å². The molecule has 0 amide bonds. The summed E-state index contributed by atoms with van der Waals surface area (Å²) >= 11 is 0. The highest BCUT2D eigenvalue weighted by Crippen LogP contribution is 2.07. The monoisotopic (exact) mass is 235 g/mol. The van der Waals surface area contributed by atoms with Gasteiger partial charge in [0.25, 0.3) is 0 Å². The van der Waals surface area contributed by atoms with Crippen LogP contribution >= 0.6 is 0 Å². The fourth-order valence-corrected chi connectivity index (χ4v) is 1.89. The van der Waals surface area contributed by atoms with Crippen molar-refractivity contribution in [2.75, 3.05) is 13.6 Å². The van der Waals surface area contributed by atoms with Crippen LogP contribution in [0.1, 0.15) is 32.8 Å². The summed E-state index contributed by atoms with van der Waals surface area (Å²) in [5, 5.41) is 3.51. The maximum Gasteiger partial charge on any atom is 0.0312 e. The van der Waals surface area contributed by atoms with Crippen molar-refractivity contribution in [2.45, 2.75) is 45.8 Å². The number of rotatable bonds is 7. The molecular formula is C14H25N3. The molecule has 1 unspecified atom stereocenters. The average Bonchev–Trinajstić information content (AvgIpc) is 2.30. The zero-order valence-corrected chi connectivity index (χ0v) is 11.5. The molecule has 1 atom stereocenters. The van der Waals surface area contributed by atoms with Gasteiger partial charge >= 0.3 is 0 Å². The molecule has 3 nitrogen and oxygen atoms in total. The van der Waals surface area contributed by atoms with E-state index in [4.69, 9.17) is 0 Å². The second-order valence-corrected chi connectivity index (χ2v) is 4.90. The van der Waals surface area contributed by atoms with Crippen LogP contribution in [0.2, 0.25) is 0 Å². The molecular weight excluding hydrogens is 210 g/mol. The molecule has 0 radical (unpaired) electrons. The van der Waals surface area contributed by atoms with Gasteiger partial charge in [-0.3, -0.25) is 9.88 Å². The van der Waals surface area contributed by atoms with Crippen LogP contribution in [0.3, 0.4) is 0 Å². The summed E-state index contributed by atoms with van der Waals surface area (Å²) in [5.41, 5.74) is 1.28. The van der Waals surface area contributed by atoms with E-state index in [1.54, 1.807) is 0 Å². The van der Waals surface area contributed by atoms with Gasteiger partial charge in [-0.2, -0.15) is 0 Å². The van der Waals surface area contributed by atoms with Crippen molar-refractivity contribution >= 4 is 0 Å². The summed E-state index contributed by atoms with van der Waals surface area (Å²) in [6.07, 6.45) is 4.93. The Balaban J connectivity index is 2.46. The van der Waals surface area contributed by atoms with Crippen molar-refractivity contribution in [1.29, 1.82) is 0 Å². The molecule has 0 aliphatic rings. The third-order valence-corrected chi connectivity index (χ3v) is 3.01. The predicted octanol–water partition coefficient (Wildman–Crippen LogP) is 2.29.